The molecule has 1 saturated heterocycles. The highest BCUT2D eigenvalue weighted by atomic mass is 16.7. The predicted octanol–water partition coefficient (Wildman–Crippen LogP) is 0.706. The van der Waals surface area contributed by atoms with Crippen LogP contribution in [0.3, 0.4) is 0 Å². The lowest BCUT2D eigenvalue weighted by Crippen LogP contribution is -2.55. The average Bonchev–Trinajstić information content (AvgIpc) is 2.80. The van der Waals surface area contributed by atoms with Crippen molar-refractivity contribution in [2.45, 2.75) is 24.6 Å². The molecular weight excluding hydrogens is 440 g/mol. The number of hydrogen-bond acceptors (Lipinski definition) is 11. The largest absolute Gasteiger partial charge is 0.507 e. The van der Waals surface area contributed by atoms with E-state index >= 15 is 0 Å². The Kier molecular flexibility index (Phi) is 6.04. The molecule has 0 spiro atoms. The molecule has 1 aliphatic heterocycles. The number of benzene rings is 2. The number of aliphatic hydroxyl groups excluding tert-OH is 3. The molecule has 0 saturated carbocycles. The van der Waals surface area contributed by atoms with Crippen LogP contribution >= 0.6 is 0 Å². The van der Waals surface area contributed by atoms with Crippen LogP contribution in [0.5, 0.6) is 28.7 Å². The van der Waals surface area contributed by atoms with Crippen LogP contribution in [-0.4, -0.2) is 71.0 Å². The summed E-state index contributed by atoms with van der Waals surface area (Å²) >= 11 is 0. The Morgan fingerprint density at radius 1 is 0.970 bits per heavy atom. The van der Waals surface area contributed by atoms with Gasteiger partial charge in [0, 0.05) is 17.7 Å². The van der Waals surface area contributed by atoms with Gasteiger partial charge in [0.2, 0.25) is 17.5 Å². The SMILES string of the molecule is COc1cc(O)c2c(=O)c(O[C@H]3OC[C@@H](O)[C@@H](O)[C@@H]3O)c(-c3ccc(O)c(OC)c3)oc2c1. The minimum atomic E-state index is -1.68. The number of aromatic hydroxyl groups is 2. The van der Waals surface area contributed by atoms with Gasteiger partial charge in [-0.1, -0.05) is 0 Å². The van der Waals surface area contributed by atoms with Gasteiger partial charge in [-0.3, -0.25) is 4.79 Å². The number of methoxy groups -OCH3 is 2. The van der Waals surface area contributed by atoms with Crippen molar-refractivity contribution in [3.8, 4) is 40.1 Å². The molecule has 2 heterocycles. The summed E-state index contributed by atoms with van der Waals surface area (Å²) in [6.07, 6.45) is -6.13. The van der Waals surface area contributed by atoms with Crippen LogP contribution in [0.1, 0.15) is 0 Å². The number of hydrogen-bond donors (Lipinski definition) is 5. The zero-order chi connectivity index (χ0) is 23.9. The first-order chi connectivity index (χ1) is 15.7. The second kappa shape index (κ2) is 8.79. The number of phenolic OH excluding ortho intramolecular Hbond substituents is 2. The van der Waals surface area contributed by atoms with Gasteiger partial charge in [0.1, 0.15) is 40.8 Å². The highest BCUT2D eigenvalue weighted by Crippen LogP contribution is 2.39. The standard InChI is InChI=1S/C22H22O11/c1-29-10-6-12(24)16-15(7-10)32-20(9-3-4-11(23)14(5-9)30-2)21(18(16)27)33-22-19(28)17(26)13(25)8-31-22/h3-7,13,17,19,22-26,28H,8H2,1-2H3/t13-,17-,19+,22-/m1/s1. The molecule has 0 aliphatic carbocycles. The summed E-state index contributed by atoms with van der Waals surface area (Å²) in [7, 11) is 2.72. The third-order valence-corrected chi connectivity index (χ3v) is 5.27. The first-order valence-corrected chi connectivity index (χ1v) is 9.82. The van der Waals surface area contributed by atoms with E-state index in [9.17, 15) is 30.3 Å². The predicted molar refractivity (Wildman–Crippen MR) is 113 cm³/mol. The van der Waals surface area contributed by atoms with Gasteiger partial charge in [-0.2, -0.15) is 0 Å². The fourth-order valence-electron chi connectivity index (χ4n) is 3.49. The molecule has 1 fully saturated rings. The third kappa shape index (κ3) is 4.02. The topological polar surface area (TPSA) is 168 Å². The first-order valence-electron chi connectivity index (χ1n) is 9.82. The molecule has 2 aromatic carbocycles. The van der Waals surface area contributed by atoms with E-state index in [1.807, 2.05) is 0 Å². The highest BCUT2D eigenvalue weighted by molar-refractivity contribution is 5.88. The lowest BCUT2D eigenvalue weighted by molar-refractivity contribution is -0.242. The molecule has 0 amide bonds. The molecule has 1 aliphatic rings. The van der Waals surface area contributed by atoms with Crippen molar-refractivity contribution in [1.29, 1.82) is 0 Å². The van der Waals surface area contributed by atoms with Crippen LogP contribution in [0, 0.1) is 0 Å². The van der Waals surface area contributed by atoms with Crippen molar-refractivity contribution in [1.82, 2.24) is 0 Å². The summed E-state index contributed by atoms with van der Waals surface area (Å²) in [5.41, 5.74) is -0.562. The summed E-state index contributed by atoms with van der Waals surface area (Å²) in [6, 6.07) is 6.76. The zero-order valence-electron chi connectivity index (χ0n) is 17.6. The maximum Gasteiger partial charge on any atom is 0.239 e. The third-order valence-electron chi connectivity index (χ3n) is 5.27. The second-order valence-corrected chi connectivity index (χ2v) is 7.36. The van der Waals surface area contributed by atoms with Crippen LogP contribution in [-0.2, 0) is 4.74 Å². The molecule has 11 heteroatoms. The van der Waals surface area contributed by atoms with Crippen LogP contribution < -0.4 is 19.6 Å². The minimum absolute atomic E-state index is 0.0215. The van der Waals surface area contributed by atoms with Crippen molar-refractivity contribution >= 4 is 11.0 Å². The fourth-order valence-corrected chi connectivity index (χ4v) is 3.49. The zero-order valence-corrected chi connectivity index (χ0v) is 17.6. The van der Waals surface area contributed by atoms with E-state index in [0.717, 1.165) is 0 Å². The molecule has 176 valence electrons. The number of fused-ring (bicyclic) bond motifs is 1. The molecule has 1 aromatic heterocycles. The number of ether oxygens (including phenoxy) is 4. The highest BCUT2D eigenvalue weighted by Gasteiger charge is 2.40. The first kappa shape index (κ1) is 22.7. The van der Waals surface area contributed by atoms with Gasteiger partial charge in [-0.15, -0.1) is 0 Å². The van der Waals surface area contributed by atoms with Crippen LogP contribution in [0.4, 0.5) is 0 Å². The summed E-state index contributed by atoms with van der Waals surface area (Å²) < 4.78 is 27.0. The Bertz CT molecular complexity index is 1240. The Morgan fingerprint density at radius 3 is 2.42 bits per heavy atom. The van der Waals surface area contributed by atoms with E-state index in [-0.39, 0.29) is 46.1 Å². The van der Waals surface area contributed by atoms with Crippen molar-refractivity contribution in [2.75, 3.05) is 20.8 Å². The van der Waals surface area contributed by atoms with E-state index in [1.54, 1.807) is 0 Å². The lowest BCUT2D eigenvalue weighted by atomic mass is 10.1. The molecule has 0 bridgehead atoms. The fraction of sp³-hybridized carbons (Fsp3) is 0.318. The maximum atomic E-state index is 13.4. The van der Waals surface area contributed by atoms with Gasteiger partial charge in [0.25, 0.3) is 0 Å². The van der Waals surface area contributed by atoms with E-state index < -0.39 is 41.5 Å². The van der Waals surface area contributed by atoms with Crippen LogP contribution in [0.25, 0.3) is 22.3 Å². The number of aliphatic hydroxyl groups is 3. The summed E-state index contributed by atoms with van der Waals surface area (Å²) in [5, 5.41) is 50.0. The van der Waals surface area contributed by atoms with Gasteiger partial charge in [0.05, 0.1) is 20.8 Å². The summed E-state index contributed by atoms with van der Waals surface area (Å²) in [6.45, 7) is -0.355. The van der Waals surface area contributed by atoms with Crippen molar-refractivity contribution in [3.63, 3.8) is 0 Å². The smallest absolute Gasteiger partial charge is 0.239 e. The maximum absolute atomic E-state index is 13.4. The Hall–Kier alpha value is -3.51. The molecule has 11 nitrogen and oxygen atoms in total. The molecule has 5 N–H and O–H groups in total. The van der Waals surface area contributed by atoms with E-state index in [4.69, 9.17) is 23.4 Å². The Morgan fingerprint density at radius 2 is 1.73 bits per heavy atom. The van der Waals surface area contributed by atoms with Crippen molar-refractivity contribution in [3.05, 3.63) is 40.6 Å². The van der Waals surface area contributed by atoms with Crippen LogP contribution in [0.2, 0.25) is 0 Å². The number of phenols is 2. The molecule has 4 rings (SSSR count). The normalized spacial score (nSPS) is 22.8. The van der Waals surface area contributed by atoms with Gasteiger partial charge in [-0.05, 0) is 18.2 Å². The molecular formula is C22H22O11. The molecule has 0 radical (unpaired) electrons. The molecule has 0 unspecified atom stereocenters. The van der Waals surface area contributed by atoms with Gasteiger partial charge in [0.15, 0.2) is 17.3 Å². The van der Waals surface area contributed by atoms with E-state index in [2.05, 4.69) is 0 Å². The Labute approximate surface area is 186 Å². The van der Waals surface area contributed by atoms with Crippen molar-refractivity contribution < 1.29 is 48.9 Å². The van der Waals surface area contributed by atoms with Gasteiger partial charge < -0.3 is 48.9 Å². The van der Waals surface area contributed by atoms with Gasteiger partial charge >= 0.3 is 0 Å². The lowest BCUT2D eigenvalue weighted by Gasteiger charge is -2.34. The summed E-state index contributed by atoms with van der Waals surface area (Å²) in [4.78, 5) is 13.4. The Balaban J connectivity index is 1.93. The average molecular weight is 462 g/mol. The van der Waals surface area contributed by atoms with Gasteiger partial charge in [-0.25, -0.2) is 0 Å². The van der Waals surface area contributed by atoms with E-state index in [0.29, 0.717) is 0 Å². The number of rotatable bonds is 5. The minimum Gasteiger partial charge on any atom is -0.507 e. The van der Waals surface area contributed by atoms with E-state index in [1.165, 1.54) is 44.6 Å². The molecule has 33 heavy (non-hydrogen) atoms. The molecule has 4 atom stereocenters. The molecule has 3 aromatic rings. The monoisotopic (exact) mass is 462 g/mol. The second-order valence-electron chi connectivity index (χ2n) is 7.36. The summed E-state index contributed by atoms with van der Waals surface area (Å²) in [5.74, 6) is -0.845. The quantitative estimate of drug-likeness (QED) is 0.362. The van der Waals surface area contributed by atoms with Crippen LogP contribution in [0.15, 0.2) is 39.5 Å². The van der Waals surface area contributed by atoms with Crippen molar-refractivity contribution in [2.24, 2.45) is 0 Å².